The minimum absolute atomic E-state index is 0.127. The van der Waals surface area contributed by atoms with E-state index in [0.717, 1.165) is 6.42 Å². The highest BCUT2D eigenvalue weighted by Gasteiger charge is 2.15. The minimum atomic E-state index is -1.03. The number of carbonyl (C=O) groups excluding carboxylic acids is 1. The molecular formula is C14H22N2O4. The largest absolute Gasteiger partial charge is 0.478 e. The maximum atomic E-state index is 11.9. The van der Waals surface area contributed by atoms with Gasteiger partial charge in [-0.3, -0.25) is 0 Å². The van der Waals surface area contributed by atoms with E-state index in [2.05, 4.69) is 19.2 Å². The van der Waals surface area contributed by atoms with Gasteiger partial charge in [-0.15, -0.1) is 0 Å². The molecule has 1 heterocycles. The summed E-state index contributed by atoms with van der Waals surface area (Å²) in [5.41, 5.74) is 0.127. The number of urea groups is 1. The predicted molar refractivity (Wildman–Crippen MR) is 74.7 cm³/mol. The molecule has 1 unspecified atom stereocenters. The zero-order valence-corrected chi connectivity index (χ0v) is 12.4. The Bertz CT molecular complexity index is 482. The molecule has 0 fully saturated rings. The number of furan rings is 1. The molecular weight excluding hydrogens is 260 g/mol. The molecule has 1 aromatic rings. The normalized spacial score (nSPS) is 12.0. The number of aryl methyl sites for hydroxylation is 1. The van der Waals surface area contributed by atoms with Crippen molar-refractivity contribution in [2.45, 2.75) is 33.7 Å². The highest BCUT2D eigenvalue weighted by molar-refractivity contribution is 5.88. The van der Waals surface area contributed by atoms with E-state index in [1.807, 2.05) is 0 Å². The first-order chi connectivity index (χ1) is 9.35. The van der Waals surface area contributed by atoms with Crippen LogP contribution in [-0.2, 0) is 6.54 Å². The molecule has 0 aromatic carbocycles. The zero-order valence-electron chi connectivity index (χ0n) is 12.4. The fraction of sp³-hybridized carbons (Fsp3) is 0.571. The number of hydrogen-bond donors (Lipinski definition) is 2. The molecule has 2 amide bonds. The van der Waals surface area contributed by atoms with Gasteiger partial charge < -0.3 is 19.7 Å². The van der Waals surface area contributed by atoms with Gasteiger partial charge in [-0.2, -0.15) is 0 Å². The monoisotopic (exact) mass is 282 g/mol. The number of amides is 2. The van der Waals surface area contributed by atoms with Crippen LogP contribution in [0.5, 0.6) is 0 Å². The molecule has 0 saturated heterocycles. The topological polar surface area (TPSA) is 82.8 Å². The summed E-state index contributed by atoms with van der Waals surface area (Å²) in [7, 11) is 1.73. The van der Waals surface area contributed by atoms with Crippen LogP contribution in [0, 0.1) is 12.8 Å². The smallest absolute Gasteiger partial charge is 0.339 e. The Morgan fingerprint density at radius 2 is 2.15 bits per heavy atom. The average molecular weight is 282 g/mol. The molecule has 0 aliphatic rings. The summed E-state index contributed by atoms with van der Waals surface area (Å²) < 4.78 is 5.29. The minimum Gasteiger partial charge on any atom is -0.478 e. The quantitative estimate of drug-likeness (QED) is 0.839. The Labute approximate surface area is 118 Å². The summed E-state index contributed by atoms with van der Waals surface area (Å²) >= 11 is 0. The molecule has 1 atom stereocenters. The summed E-state index contributed by atoms with van der Waals surface area (Å²) in [6.45, 7) is 6.61. The Morgan fingerprint density at radius 1 is 1.50 bits per heavy atom. The van der Waals surface area contributed by atoms with E-state index in [4.69, 9.17) is 9.52 Å². The number of carboxylic acids is 1. The molecule has 0 radical (unpaired) electrons. The van der Waals surface area contributed by atoms with Crippen LogP contribution in [0.3, 0.4) is 0 Å². The fourth-order valence-corrected chi connectivity index (χ4v) is 1.82. The van der Waals surface area contributed by atoms with E-state index in [1.165, 1.54) is 6.07 Å². The molecule has 0 aliphatic carbocycles. The summed E-state index contributed by atoms with van der Waals surface area (Å²) in [6, 6.07) is 1.24. The summed E-state index contributed by atoms with van der Waals surface area (Å²) in [5, 5.41) is 11.6. The third-order valence-electron chi connectivity index (χ3n) is 3.24. The molecule has 0 spiro atoms. The molecule has 2 N–H and O–H groups in total. The number of carboxylic acid groups (broad SMARTS) is 1. The van der Waals surface area contributed by atoms with Crippen molar-refractivity contribution in [3.8, 4) is 0 Å². The Morgan fingerprint density at radius 3 is 2.65 bits per heavy atom. The van der Waals surface area contributed by atoms with Crippen molar-refractivity contribution in [2.24, 2.45) is 5.92 Å². The van der Waals surface area contributed by atoms with E-state index in [9.17, 15) is 9.59 Å². The summed E-state index contributed by atoms with van der Waals surface area (Å²) in [4.78, 5) is 24.3. The molecule has 20 heavy (non-hydrogen) atoms. The molecule has 112 valence electrons. The summed E-state index contributed by atoms with van der Waals surface area (Å²) in [6.07, 6.45) is 1.01. The maximum Gasteiger partial charge on any atom is 0.339 e. The first-order valence-electron chi connectivity index (χ1n) is 6.66. The molecule has 6 nitrogen and oxygen atoms in total. The number of nitrogens with one attached hydrogen (secondary N) is 1. The van der Waals surface area contributed by atoms with Gasteiger partial charge in [-0.1, -0.05) is 20.3 Å². The number of nitrogens with zero attached hydrogens (tertiary/aromatic N) is 1. The van der Waals surface area contributed by atoms with Gasteiger partial charge in [-0.25, -0.2) is 9.59 Å². The molecule has 0 saturated carbocycles. The van der Waals surface area contributed by atoms with Crippen molar-refractivity contribution in [3.05, 3.63) is 23.2 Å². The standard InChI is InChI=1S/C14H22N2O4/c1-5-9(2)8-16(4)14(19)15-7-11-6-12(13(17)18)10(3)20-11/h6,9H,5,7-8H2,1-4H3,(H,15,19)(H,17,18). The van der Waals surface area contributed by atoms with Gasteiger partial charge >= 0.3 is 12.0 Å². The van der Waals surface area contributed by atoms with E-state index >= 15 is 0 Å². The molecule has 0 aliphatic heterocycles. The van der Waals surface area contributed by atoms with Gasteiger partial charge in [0.25, 0.3) is 0 Å². The summed E-state index contributed by atoms with van der Waals surface area (Å²) in [5.74, 6) is 0.188. The van der Waals surface area contributed by atoms with Crippen LogP contribution in [0.15, 0.2) is 10.5 Å². The lowest BCUT2D eigenvalue weighted by Gasteiger charge is -2.20. The number of rotatable bonds is 6. The first kappa shape index (κ1) is 16.1. The fourth-order valence-electron chi connectivity index (χ4n) is 1.82. The molecule has 1 rings (SSSR count). The van der Waals surface area contributed by atoms with Crippen LogP contribution in [0.4, 0.5) is 4.79 Å². The number of hydrogen-bond acceptors (Lipinski definition) is 3. The van der Waals surface area contributed by atoms with Gasteiger partial charge in [0.05, 0.1) is 6.54 Å². The van der Waals surface area contributed by atoms with E-state index < -0.39 is 5.97 Å². The number of carbonyl (C=O) groups is 2. The number of aromatic carboxylic acids is 1. The predicted octanol–water partition coefficient (Wildman–Crippen LogP) is 2.47. The van der Waals surface area contributed by atoms with Crippen LogP contribution >= 0.6 is 0 Å². The Balaban J connectivity index is 2.52. The van der Waals surface area contributed by atoms with E-state index in [1.54, 1.807) is 18.9 Å². The molecule has 1 aromatic heterocycles. The second-order valence-electron chi connectivity index (χ2n) is 5.04. The van der Waals surface area contributed by atoms with Crippen LogP contribution < -0.4 is 5.32 Å². The van der Waals surface area contributed by atoms with Crippen molar-refractivity contribution >= 4 is 12.0 Å². The second kappa shape index (κ2) is 6.98. The molecule has 0 bridgehead atoms. The first-order valence-corrected chi connectivity index (χ1v) is 6.66. The Hall–Kier alpha value is -1.98. The lowest BCUT2D eigenvalue weighted by molar-refractivity contribution is 0.0695. The average Bonchev–Trinajstić information content (AvgIpc) is 2.77. The van der Waals surface area contributed by atoms with Gasteiger partial charge in [0.1, 0.15) is 17.1 Å². The van der Waals surface area contributed by atoms with Crippen molar-refractivity contribution in [1.82, 2.24) is 10.2 Å². The van der Waals surface area contributed by atoms with Crippen LogP contribution in [-0.4, -0.2) is 35.6 Å². The van der Waals surface area contributed by atoms with E-state index in [-0.39, 0.29) is 18.1 Å². The zero-order chi connectivity index (χ0) is 15.3. The molecule has 6 heteroatoms. The third kappa shape index (κ3) is 4.29. The lowest BCUT2D eigenvalue weighted by Crippen LogP contribution is -2.39. The van der Waals surface area contributed by atoms with Crippen molar-refractivity contribution < 1.29 is 19.1 Å². The highest BCUT2D eigenvalue weighted by atomic mass is 16.4. The van der Waals surface area contributed by atoms with Crippen LogP contribution in [0.1, 0.15) is 42.1 Å². The van der Waals surface area contributed by atoms with E-state index in [0.29, 0.717) is 24.0 Å². The van der Waals surface area contributed by atoms with Gasteiger partial charge in [-0.05, 0) is 18.9 Å². The SMILES string of the molecule is CCC(C)CN(C)C(=O)NCc1cc(C(=O)O)c(C)o1. The van der Waals surface area contributed by atoms with Crippen molar-refractivity contribution in [1.29, 1.82) is 0 Å². The second-order valence-corrected chi connectivity index (χ2v) is 5.04. The van der Waals surface area contributed by atoms with Gasteiger partial charge in [0, 0.05) is 13.6 Å². The van der Waals surface area contributed by atoms with Gasteiger partial charge in [0.15, 0.2) is 0 Å². The third-order valence-corrected chi connectivity index (χ3v) is 3.24. The lowest BCUT2D eigenvalue weighted by atomic mass is 10.1. The van der Waals surface area contributed by atoms with Gasteiger partial charge in [0.2, 0.25) is 0 Å². The van der Waals surface area contributed by atoms with Crippen molar-refractivity contribution in [2.75, 3.05) is 13.6 Å². The Kier molecular flexibility index (Phi) is 5.61. The van der Waals surface area contributed by atoms with Crippen molar-refractivity contribution in [3.63, 3.8) is 0 Å². The maximum absolute atomic E-state index is 11.9. The van der Waals surface area contributed by atoms with Crippen LogP contribution in [0.2, 0.25) is 0 Å². The highest BCUT2D eigenvalue weighted by Crippen LogP contribution is 2.14. The van der Waals surface area contributed by atoms with Crippen LogP contribution in [0.25, 0.3) is 0 Å².